The average Bonchev–Trinajstić information content (AvgIpc) is 2.32. The zero-order chi connectivity index (χ0) is 13.3. The lowest BCUT2D eigenvalue weighted by molar-refractivity contribution is 0.102. The fourth-order valence-corrected chi connectivity index (χ4v) is 1.56. The van der Waals surface area contributed by atoms with Crippen molar-refractivity contribution < 1.29 is 23.8 Å². The summed E-state index contributed by atoms with van der Waals surface area (Å²) in [6.45, 7) is 0. The monoisotopic (exact) mass is 250 g/mol. The first kappa shape index (κ1) is 12.0. The second-order valence-electron chi connectivity index (χ2n) is 3.63. The molecule has 2 rings (SSSR count). The molecule has 2 aromatic rings. The van der Waals surface area contributed by atoms with E-state index in [-0.39, 0.29) is 11.3 Å². The van der Waals surface area contributed by atoms with Crippen LogP contribution in [0.5, 0.6) is 11.5 Å². The molecule has 0 aliphatic carbocycles. The van der Waals surface area contributed by atoms with Gasteiger partial charge in [-0.05, 0) is 30.3 Å². The van der Waals surface area contributed by atoms with Gasteiger partial charge in [-0.25, -0.2) is 8.78 Å². The molecule has 2 N–H and O–H groups in total. The third-order valence-electron chi connectivity index (χ3n) is 2.41. The van der Waals surface area contributed by atoms with Gasteiger partial charge in [0.2, 0.25) is 5.78 Å². The van der Waals surface area contributed by atoms with E-state index in [1.165, 1.54) is 0 Å². The summed E-state index contributed by atoms with van der Waals surface area (Å²) < 4.78 is 26.8. The van der Waals surface area contributed by atoms with Gasteiger partial charge < -0.3 is 10.2 Å². The minimum atomic E-state index is -1.03. The summed E-state index contributed by atoms with van der Waals surface area (Å²) in [5.41, 5.74) is -1.13. The third kappa shape index (κ3) is 2.02. The maximum atomic E-state index is 13.4. The van der Waals surface area contributed by atoms with Crippen molar-refractivity contribution in [2.75, 3.05) is 0 Å². The fraction of sp³-hybridized carbons (Fsp3) is 0. The van der Waals surface area contributed by atoms with Gasteiger partial charge in [-0.3, -0.25) is 4.79 Å². The van der Waals surface area contributed by atoms with E-state index < -0.39 is 28.7 Å². The molecule has 0 radical (unpaired) electrons. The van der Waals surface area contributed by atoms with Gasteiger partial charge in [0.05, 0.1) is 11.1 Å². The number of halogens is 2. The Morgan fingerprint density at radius 3 is 2.22 bits per heavy atom. The Hall–Kier alpha value is -2.43. The molecule has 0 heterocycles. The van der Waals surface area contributed by atoms with Gasteiger partial charge in [-0.15, -0.1) is 0 Å². The highest BCUT2D eigenvalue weighted by molar-refractivity contribution is 6.11. The Morgan fingerprint density at radius 1 is 1.00 bits per heavy atom. The lowest BCUT2D eigenvalue weighted by Crippen LogP contribution is -2.07. The molecule has 5 heteroatoms. The van der Waals surface area contributed by atoms with Crippen LogP contribution in [0.4, 0.5) is 8.78 Å². The number of carbonyl (C=O) groups excluding carboxylic acids is 1. The van der Waals surface area contributed by atoms with E-state index >= 15 is 0 Å². The summed E-state index contributed by atoms with van der Waals surface area (Å²) in [5.74, 6) is -3.82. The minimum Gasteiger partial charge on any atom is -0.508 e. The number of ketones is 1. The lowest BCUT2D eigenvalue weighted by atomic mass is 10.0. The van der Waals surface area contributed by atoms with Crippen molar-refractivity contribution in [3.8, 4) is 11.5 Å². The summed E-state index contributed by atoms with van der Waals surface area (Å²) in [5, 5.41) is 18.7. The number of carbonyl (C=O) groups is 1. The van der Waals surface area contributed by atoms with Gasteiger partial charge in [-0.1, -0.05) is 6.07 Å². The van der Waals surface area contributed by atoms with Gasteiger partial charge >= 0.3 is 0 Å². The quantitative estimate of drug-likeness (QED) is 0.636. The zero-order valence-corrected chi connectivity index (χ0v) is 9.02. The van der Waals surface area contributed by atoms with E-state index in [9.17, 15) is 23.8 Å². The molecular weight excluding hydrogens is 242 g/mol. The van der Waals surface area contributed by atoms with Crippen LogP contribution in [0.3, 0.4) is 0 Å². The zero-order valence-electron chi connectivity index (χ0n) is 9.02. The number of aromatic hydroxyl groups is 2. The van der Waals surface area contributed by atoms with Crippen molar-refractivity contribution in [1.82, 2.24) is 0 Å². The molecule has 3 nitrogen and oxygen atoms in total. The van der Waals surface area contributed by atoms with Crippen LogP contribution >= 0.6 is 0 Å². The predicted octanol–water partition coefficient (Wildman–Crippen LogP) is 2.61. The minimum absolute atomic E-state index is 0.284. The molecule has 0 unspecified atom stereocenters. The van der Waals surface area contributed by atoms with Crippen LogP contribution in [-0.2, 0) is 0 Å². The summed E-state index contributed by atoms with van der Waals surface area (Å²) in [7, 11) is 0. The van der Waals surface area contributed by atoms with Crippen molar-refractivity contribution in [2.45, 2.75) is 0 Å². The predicted molar refractivity (Wildman–Crippen MR) is 59.6 cm³/mol. The van der Waals surface area contributed by atoms with Crippen LogP contribution in [-0.4, -0.2) is 16.0 Å². The molecule has 0 bridgehead atoms. The Bertz CT molecular complexity index is 603. The van der Waals surface area contributed by atoms with E-state index in [0.29, 0.717) is 0 Å². The smallest absolute Gasteiger partial charge is 0.202 e. The van der Waals surface area contributed by atoms with Crippen molar-refractivity contribution >= 4 is 5.78 Å². The first-order valence-corrected chi connectivity index (χ1v) is 5.01. The Balaban J connectivity index is 2.58. The Morgan fingerprint density at radius 2 is 1.61 bits per heavy atom. The maximum Gasteiger partial charge on any atom is 0.202 e. The fourth-order valence-electron chi connectivity index (χ4n) is 1.56. The third-order valence-corrected chi connectivity index (χ3v) is 2.41. The molecule has 18 heavy (non-hydrogen) atoms. The highest BCUT2D eigenvalue weighted by Crippen LogP contribution is 2.26. The summed E-state index contributed by atoms with van der Waals surface area (Å²) in [6, 6.07) is 6.19. The van der Waals surface area contributed by atoms with Crippen LogP contribution < -0.4 is 0 Å². The molecule has 0 atom stereocenters. The van der Waals surface area contributed by atoms with Crippen LogP contribution in [0.1, 0.15) is 15.9 Å². The molecule has 0 aliphatic heterocycles. The van der Waals surface area contributed by atoms with Crippen molar-refractivity contribution in [3.05, 3.63) is 59.2 Å². The van der Waals surface area contributed by atoms with Crippen LogP contribution in [0.15, 0.2) is 36.4 Å². The van der Waals surface area contributed by atoms with Gasteiger partial charge in [0.15, 0.2) is 0 Å². The van der Waals surface area contributed by atoms with E-state index in [4.69, 9.17) is 0 Å². The molecular formula is C13H8F2O3. The van der Waals surface area contributed by atoms with Crippen LogP contribution in [0, 0.1) is 11.6 Å². The second-order valence-corrected chi connectivity index (χ2v) is 3.63. The highest BCUT2D eigenvalue weighted by Gasteiger charge is 2.21. The van der Waals surface area contributed by atoms with Crippen molar-refractivity contribution in [1.29, 1.82) is 0 Å². The van der Waals surface area contributed by atoms with Crippen molar-refractivity contribution in [2.24, 2.45) is 0 Å². The number of hydrogen-bond acceptors (Lipinski definition) is 3. The molecule has 0 fully saturated rings. The van der Waals surface area contributed by atoms with Gasteiger partial charge in [0.25, 0.3) is 0 Å². The van der Waals surface area contributed by atoms with Gasteiger partial charge in [-0.2, -0.15) is 0 Å². The van der Waals surface area contributed by atoms with E-state index in [1.54, 1.807) is 0 Å². The normalized spacial score (nSPS) is 10.3. The number of hydrogen-bond donors (Lipinski definition) is 2. The Kier molecular flexibility index (Phi) is 2.97. The summed E-state index contributed by atoms with van der Waals surface area (Å²) in [4.78, 5) is 11.9. The molecule has 92 valence electrons. The molecule has 0 saturated heterocycles. The first-order valence-electron chi connectivity index (χ1n) is 5.01. The van der Waals surface area contributed by atoms with E-state index in [2.05, 4.69) is 0 Å². The molecule has 2 aromatic carbocycles. The van der Waals surface area contributed by atoms with Gasteiger partial charge in [0, 0.05) is 0 Å². The molecule has 0 spiro atoms. The topological polar surface area (TPSA) is 57.5 Å². The standard InChI is InChI=1S/C13H8F2O3/c14-9-2-1-3-10(15)12(9)13(18)8-6-7(16)4-5-11(8)17/h1-6,16-17H. The molecule has 0 saturated carbocycles. The molecule has 0 aliphatic rings. The van der Waals surface area contributed by atoms with E-state index in [0.717, 1.165) is 36.4 Å². The SMILES string of the molecule is O=C(c1cc(O)ccc1O)c1c(F)cccc1F. The Labute approximate surface area is 101 Å². The number of benzene rings is 2. The molecule has 0 aromatic heterocycles. The number of phenolic OH excluding ortho intramolecular Hbond substituents is 2. The average molecular weight is 250 g/mol. The summed E-state index contributed by atoms with van der Waals surface area (Å²) >= 11 is 0. The lowest BCUT2D eigenvalue weighted by Gasteiger charge is -2.06. The molecule has 0 amide bonds. The van der Waals surface area contributed by atoms with E-state index in [1.807, 2.05) is 0 Å². The highest BCUT2D eigenvalue weighted by atomic mass is 19.1. The largest absolute Gasteiger partial charge is 0.508 e. The van der Waals surface area contributed by atoms with Crippen molar-refractivity contribution in [3.63, 3.8) is 0 Å². The number of phenols is 2. The summed E-state index contributed by atoms with van der Waals surface area (Å²) in [6.07, 6.45) is 0. The van der Waals surface area contributed by atoms with Crippen LogP contribution in [0.25, 0.3) is 0 Å². The maximum absolute atomic E-state index is 13.4. The van der Waals surface area contributed by atoms with Gasteiger partial charge in [0.1, 0.15) is 23.1 Å². The second kappa shape index (κ2) is 4.44. The van der Waals surface area contributed by atoms with Crippen LogP contribution in [0.2, 0.25) is 0 Å². The first-order chi connectivity index (χ1) is 8.50. The number of rotatable bonds is 2.